The molecule has 9 rings (SSSR count). The fourth-order valence-corrected chi connectivity index (χ4v) is 7.63. The number of hydrogen-bond acceptors (Lipinski definition) is 4. The minimum absolute atomic E-state index is 0.0452. The molecule has 48 heavy (non-hydrogen) atoms. The standard InChI is InChI=1S/C44H36N4/c1-44(2)37-19-11-10-18-35(37)36-25-23-33(28-38(36)44)32-24-26-40-34(27-32)22-21-29-13-9-12-20-39(29)48(40)43-46-41(30-14-5-3-6-15-30)45-42(47-43)31-16-7-4-8-17-31/h3-28,41,43,46H,1-2H3,(H,45,47). The van der Waals surface area contributed by atoms with Crippen LogP contribution in [0.2, 0.25) is 0 Å². The van der Waals surface area contributed by atoms with Crippen LogP contribution < -0.4 is 15.5 Å². The van der Waals surface area contributed by atoms with Crippen molar-refractivity contribution in [3.8, 4) is 22.3 Å². The predicted octanol–water partition coefficient (Wildman–Crippen LogP) is 9.90. The van der Waals surface area contributed by atoms with Crippen molar-refractivity contribution in [2.75, 3.05) is 4.90 Å². The van der Waals surface area contributed by atoms with Gasteiger partial charge in [-0.1, -0.05) is 147 Å². The summed E-state index contributed by atoms with van der Waals surface area (Å²) >= 11 is 0. The molecule has 4 nitrogen and oxygen atoms in total. The molecule has 2 aliphatic heterocycles. The third kappa shape index (κ3) is 4.68. The molecule has 0 spiro atoms. The lowest BCUT2D eigenvalue weighted by atomic mass is 9.81. The van der Waals surface area contributed by atoms with Crippen molar-refractivity contribution < 1.29 is 0 Å². The molecule has 0 bridgehead atoms. The Kier molecular flexibility index (Phi) is 6.66. The highest BCUT2D eigenvalue weighted by Crippen LogP contribution is 2.50. The van der Waals surface area contributed by atoms with Gasteiger partial charge in [-0.25, -0.2) is 4.99 Å². The highest BCUT2D eigenvalue weighted by molar-refractivity contribution is 6.00. The number of nitrogens with one attached hydrogen (secondary N) is 2. The van der Waals surface area contributed by atoms with E-state index in [0.717, 1.165) is 39.5 Å². The Labute approximate surface area is 282 Å². The number of fused-ring (bicyclic) bond motifs is 5. The van der Waals surface area contributed by atoms with Gasteiger partial charge in [0.15, 0.2) is 6.29 Å². The largest absolute Gasteiger partial charge is 0.350 e. The molecule has 0 fully saturated rings. The molecule has 4 heteroatoms. The van der Waals surface area contributed by atoms with E-state index in [-0.39, 0.29) is 17.9 Å². The van der Waals surface area contributed by atoms with Crippen molar-refractivity contribution in [2.45, 2.75) is 31.7 Å². The Morgan fingerprint density at radius 2 is 1.21 bits per heavy atom. The van der Waals surface area contributed by atoms with Crippen molar-refractivity contribution in [3.05, 3.63) is 179 Å². The quantitative estimate of drug-likeness (QED) is 0.206. The lowest BCUT2D eigenvalue weighted by molar-refractivity contribution is 0.403. The first-order valence-corrected chi connectivity index (χ1v) is 16.7. The molecule has 232 valence electrons. The molecule has 2 heterocycles. The van der Waals surface area contributed by atoms with Crippen LogP contribution in [0.15, 0.2) is 151 Å². The second kappa shape index (κ2) is 11.2. The zero-order valence-electron chi connectivity index (χ0n) is 27.1. The predicted molar refractivity (Wildman–Crippen MR) is 199 cm³/mol. The van der Waals surface area contributed by atoms with Gasteiger partial charge in [0.2, 0.25) is 0 Å². The monoisotopic (exact) mass is 620 g/mol. The van der Waals surface area contributed by atoms with Crippen LogP contribution in [0.5, 0.6) is 0 Å². The molecular weight excluding hydrogens is 585 g/mol. The summed E-state index contributed by atoms with van der Waals surface area (Å²) in [5, 5.41) is 7.52. The molecule has 3 aliphatic rings. The lowest BCUT2D eigenvalue weighted by Crippen LogP contribution is -2.54. The summed E-state index contributed by atoms with van der Waals surface area (Å²) in [6, 6.07) is 52.2. The minimum Gasteiger partial charge on any atom is -0.350 e. The zero-order valence-corrected chi connectivity index (χ0v) is 27.1. The molecular formula is C44H36N4. The fourth-order valence-electron chi connectivity index (χ4n) is 7.63. The van der Waals surface area contributed by atoms with Gasteiger partial charge in [-0.15, -0.1) is 0 Å². The molecule has 2 unspecified atom stereocenters. The van der Waals surface area contributed by atoms with Gasteiger partial charge in [-0.2, -0.15) is 0 Å². The normalized spacial score (nSPS) is 18.5. The van der Waals surface area contributed by atoms with E-state index < -0.39 is 0 Å². The van der Waals surface area contributed by atoms with Crippen molar-refractivity contribution in [1.82, 2.24) is 10.6 Å². The van der Waals surface area contributed by atoms with Crippen molar-refractivity contribution in [1.29, 1.82) is 0 Å². The summed E-state index contributed by atoms with van der Waals surface area (Å²) in [6.07, 6.45) is 3.99. The smallest absolute Gasteiger partial charge is 0.184 e. The Bertz CT molecular complexity index is 2230. The van der Waals surface area contributed by atoms with E-state index in [9.17, 15) is 0 Å². The Morgan fingerprint density at radius 1 is 0.562 bits per heavy atom. The summed E-state index contributed by atoms with van der Waals surface area (Å²) in [7, 11) is 0. The number of rotatable bonds is 4. The average molecular weight is 621 g/mol. The maximum absolute atomic E-state index is 5.34. The molecule has 0 aromatic heterocycles. The molecule has 6 aromatic carbocycles. The maximum atomic E-state index is 5.34. The number of nitrogens with zero attached hydrogens (tertiary/aromatic N) is 2. The summed E-state index contributed by atoms with van der Waals surface area (Å²) in [6.45, 7) is 4.69. The molecule has 2 atom stereocenters. The van der Waals surface area contributed by atoms with Crippen LogP contribution in [0, 0.1) is 0 Å². The molecule has 0 saturated heterocycles. The number of aliphatic imine (C=N–C) groups is 1. The highest BCUT2D eigenvalue weighted by atomic mass is 15.4. The Morgan fingerprint density at radius 3 is 2.06 bits per heavy atom. The van der Waals surface area contributed by atoms with E-state index in [1.807, 2.05) is 6.07 Å². The number of hydrogen-bond donors (Lipinski definition) is 2. The van der Waals surface area contributed by atoms with Gasteiger partial charge in [0.1, 0.15) is 12.0 Å². The van der Waals surface area contributed by atoms with Crippen LogP contribution in [0.4, 0.5) is 11.4 Å². The molecule has 0 saturated carbocycles. The summed E-state index contributed by atoms with van der Waals surface area (Å²) in [4.78, 5) is 7.70. The number of benzene rings is 6. The number of para-hydroxylation sites is 1. The van der Waals surface area contributed by atoms with Crippen molar-refractivity contribution in [3.63, 3.8) is 0 Å². The van der Waals surface area contributed by atoms with Crippen LogP contribution in [-0.4, -0.2) is 12.1 Å². The van der Waals surface area contributed by atoms with Gasteiger partial charge >= 0.3 is 0 Å². The fraction of sp³-hybridized carbons (Fsp3) is 0.114. The highest BCUT2D eigenvalue weighted by Gasteiger charge is 2.36. The first-order chi connectivity index (χ1) is 23.5. The van der Waals surface area contributed by atoms with E-state index >= 15 is 0 Å². The maximum Gasteiger partial charge on any atom is 0.184 e. The van der Waals surface area contributed by atoms with Gasteiger partial charge in [0.25, 0.3) is 0 Å². The third-order valence-corrected chi connectivity index (χ3v) is 10.1. The van der Waals surface area contributed by atoms with Gasteiger partial charge < -0.3 is 10.2 Å². The molecule has 6 aromatic rings. The minimum atomic E-state index is -0.364. The average Bonchev–Trinajstić information content (AvgIpc) is 3.26. The Balaban J connectivity index is 1.16. The van der Waals surface area contributed by atoms with E-state index in [1.54, 1.807) is 0 Å². The second-order valence-corrected chi connectivity index (χ2v) is 13.3. The first kappa shape index (κ1) is 28.5. The number of amidine groups is 1. The number of anilines is 2. The lowest BCUT2D eigenvalue weighted by Gasteiger charge is -2.39. The van der Waals surface area contributed by atoms with Gasteiger partial charge in [0, 0.05) is 11.0 Å². The summed E-state index contributed by atoms with van der Waals surface area (Å²) in [5.74, 6) is 0.864. The van der Waals surface area contributed by atoms with E-state index in [1.165, 1.54) is 33.4 Å². The van der Waals surface area contributed by atoms with Gasteiger partial charge in [-0.3, -0.25) is 5.32 Å². The topological polar surface area (TPSA) is 39.7 Å². The van der Waals surface area contributed by atoms with Crippen LogP contribution >= 0.6 is 0 Å². The van der Waals surface area contributed by atoms with E-state index in [0.29, 0.717) is 0 Å². The van der Waals surface area contributed by atoms with Gasteiger partial charge in [-0.05, 0) is 74.3 Å². The summed E-state index contributed by atoms with van der Waals surface area (Å²) < 4.78 is 0. The molecule has 1 aliphatic carbocycles. The molecule has 2 N–H and O–H groups in total. The van der Waals surface area contributed by atoms with Crippen LogP contribution in [0.3, 0.4) is 0 Å². The summed E-state index contributed by atoms with van der Waals surface area (Å²) in [5.41, 5.74) is 14.6. The van der Waals surface area contributed by atoms with Crippen molar-refractivity contribution in [2.24, 2.45) is 4.99 Å². The first-order valence-electron chi connectivity index (χ1n) is 16.7. The van der Waals surface area contributed by atoms with E-state index in [4.69, 9.17) is 4.99 Å². The third-order valence-electron chi connectivity index (χ3n) is 10.1. The molecule has 0 amide bonds. The van der Waals surface area contributed by atoms with E-state index in [2.05, 4.69) is 181 Å². The SMILES string of the molecule is CC1(C)c2ccccc2-c2ccc(-c3ccc4c(c3)C=Cc3ccccc3N4C3N=C(c4ccccc4)NC(c4ccccc4)N3)cc21. The van der Waals surface area contributed by atoms with Gasteiger partial charge in [0.05, 0.1) is 11.4 Å². The molecule has 0 radical (unpaired) electrons. The van der Waals surface area contributed by atoms with Crippen LogP contribution in [0.1, 0.15) is 53.4 Å². The second-order valence-electron chi connectivity index (χ2n) is 13.3. The van der Waals surface area contributed by atoms with Crippen molar-refractivity contribution >= 4 is 29.4 Å². The van der Waals surface area contributed by atoms with Crippen LogP contribution in [-0.2, 0) is 5.41 Å². The Hall–Kier alpha value is -5.71. The zero-order chi connectivity index (χ0) is 32.2. The van der Waals surface area contributed by atoms with Crippen LogP contribution in [0.25, 0.3) is 34.4 Å².